The number of amides is 1. The number of sulfonamides is 1. The molecule has 1 saturated heterocycles. The van der Waals surface area contributed by atoms with Crippen molar-refractivity contribution in [3.63, 3.8) is 0 Å². The maximum atomic E-state index is 13.1. The SMILES string of the molecule is Cc1ccc(NC(=O)c2cc3sc(N(C)C)nc3s2)cc1S(=O)(=O)N1CCCCC1. The van der Waals surface area contributed by atoms with Gasteiger partial charge in [-0.1, -0.05) is 23.8 Å². The number of fused-ring (bicyclic) bond motifs is 1. The van der Waals surface area contributed by atoms with Crippen molar-refractivity contribution in [1.29, 1.82) is 0 Å². The van der Waals surface area contributed by atoms with Crippen molar-refractivity contribution in [2.45, 2.75) is 31.1 Å². The van der Waals surface area contributed by atoms with Crippen LogP contribution in [0.2, 0.25) is 0 Å². The first kappa shape index (κ1) is 21.2. The minimum absolute atomic E-state index is 0.256. The molecule has 3 heterocycles. The highest BCUT2D eigenvalue weighted by Gasteiger charge is 2.27. The van der Waals surface area contributed by atoms with Crippen LogP contribution < -0.4 is 10.2 Å². The van der Waals surface area contributed by atoms with Gasteiger partial charge in [-0.25, -0.2) is 13.4 Å². The van der Waals surface area contributed by atoms with E-state index in [1.54, 1.807) is 29.4 Å². The normalized spacial score (nSPS) is 15.4. The quantitative estimate of drug-likeness (QED) is 0.613. The molecule has 10 heteroatoms. The third-order valence-corrected chi connectivity index (χ3v) is 9.43. The average Bonchev–Trinajstić information content (AvgIpc) is 3.29. The number of piperidine rings is 1. The maximum absolute atomic E-state index is 13.1. The predicted octanol–water partition coefficient (Wildman–Crippen LogP) is 4.16. The molecule has 0 spiro atoms. The van der Waals surface area contributed by atoms with Gasteiger partial charge in [-0.3, -0.25) is 4.79 Å². The van der Waals surface area contributed by atoms with Crippen LogP contribution in [0.15, 0.2) is 29.2 Å². The molecule has 0 aliphatic carbocycles. The molecular weight excluding hydrogens is 440 g/mol. The highest BCUT2D eigenvalue weighted by molar-refractivity contribution is 7.89. The molecular formula is C20H24N4O3S3. The Morgan fingerprint density at radius 3 is 2.53 bits per heavy atom. The molecule has 4 rings (SSSR count). The number of nitrogens with zero attached hydrogens (tertiary/aromatic N) is 3. The summed E-state index contributed by atoms with van der Waals surface area (Å²) < 4.78 is 28.7. The lowest BCUT2D eigenvalue weighted by molar-refractivity contribution is 0.103. The molecule has 160 valence electrons. The highest BCUT2D eigenvalue weighted by Crippen LogP contribution is 2.34. The van der Waals surface area contributed by atoms with Gasteiger partial charge >= 0.3 is 0 Å². The number of thiazole rings is 1. The van der Waals surface area contributed by atoms with Crippen molar-refractivity contribution < 1.29 is 13.2 Å². The Kier molecular flexibility index (Phi) is 5.84. The number of aryl methyl sites for hydroxylation is 1. The third-order valence-electron chi connectivity index (χ3n) is 5.06. The molecule has 7 nitrogen and oxygen atoms in total. The summed E-state index contributed by atoms with van der Waals surface area (Å²) >= 11 is 2.87. The first-order valence-electron chi connectivity index (χ1n) is 9.75. The van der Waals surface area contributed by atoms with Gasteiger partial charge in [-0.05, 0) is 43.5 Å². The van der Waals surface area contributed by atoms with Crippen molar-refractivity contribution >= 4 is 59.0 Å². The van der Waals surface area contributed by atoms with Crippen molar-refractivity contribution in [1.82, 2.24) is 9.29 Å². The van der Waals surface area contributed by atoms with Crippen LogP contribution in [0.1, 0.15) is 34.5 Å². The molecule has 1 aliphatic heterocycles. The lowest BCUT2D eigenvalue weighted by atomic mass is 10.2. The van der Waals surface area contributed by atoms with Gasteiger partial charge in [0.25, 0.3) is 5.91 Å². The number of anilines is 2. The molecule has 0 radical (unpaired) electrons. The van der Waals surface area contributed by atoms with Gasteiger partial charge in [-0.2, -0.15) is 4.31 Å². The molecule has 0 atom stereocenters. The van der Waals surface area contributed by atoms with Crippen LogP contribution in [-0.2, 0) is 10.0 Å². The summed E-state index contributed by atoms with van der Waals surface area (Å²) in [6, 6.07) is 6.88. The van der Waals surface area contributed by atoms with Crippen LogP contribution in [0.3, 0.4) is 0 Å². The van der Waals surface area contributed by atoms with Crippen molar-refractivity contribution in [3.05, 3.63) is 34.7 Å². The molecule has 1 aromatic carbocycles. The third kappa shape index (κ3) is 4.09. The number of benzene rings is 1. The molecule has 1 amide bonds. The molecule has 1 fully saturated rings. The van der Waals surface area contributed by atoms with E-state index in [0.717, 1.165) is 33.9 Å². The topological polar surface area (TPSA) is 82.6 Å². The van der Waals surface area contributed by atoms with Gasteiger partial charge in [0.1, 0.15) is 4.83 Å². The smallest absolute Gasteiger partial charge is 0.265 e. The number of hydrogen-bond acceptors (Lipinski definition) is 7. The molecule has 0 bridgehead atoms. The van der Waals surface area contributed by atoms with E-state index in [2.05, 4.69) is 10.3 Å². The second-order valence-electron chi connectivity index (χ2n) is 7.57. The maximum Gasteiger partial charge on any atom is 0.265 e. The second kappa shape index (κ2) is 8.26. The number of carbonyl (C=O) groups excluding carboxylic acids is 1. The fourth-order valence-electron chi connectivity index (χ4n) is 3.42. The summed E-state index contributed by atoms with van der Waals surface area (Å²) in [5.41, 5.74) is 1.15. The molecule has 2 aromatic heterocycles. The van der Waals surface area contributed by atoms with E-state index in [-0.39, 0.29) is 10.8 Å². The number of hydrogen-bond donors (Lipinski definition) is 1. The second-order valence-corrected chi connectivity index (χ2v) is 11.5. The monoisotopic (exact) mass is 464 g/mol. The number of aromatic nitrogens is 1. The largest absolute Gasteiger partial charge is 0.354 e. The van der Waals surface area contributed by atoms with Crippen molar-refractivity contribution in [2.75, 3.05) is 37.4 Å². The Morgan fingerprint density at radius 2 is 1.87 bits per heavy atom. The van der Waals surface area contributed by atoms with E-state index >= 15 is 0 Å². The summed E-state index contributed by atoms with van der Waals surface area (Å²) in [6.45, 7) is 2.88. The van der Waals surface area contributed by atoms with E-state index in [4.69, 9.17) is 0 Å². The fourth-order valence-corrected chi connectivity index (χ4v) is 7.22. The van der Waals surface area contributed by atoms with E-state index in [1.165, 1.54) is 22.7 Å². The summed E-state index contributed by atoms with van der Waals surface area (Å²) in [4.78, 5) is 20.9. The summed E-state index contributed by atoms with van der Waals surface area (Å²) in [7, 11) is 0.298. The number of thiophene rings is 1. The molecule has 1 aliphatic rings. The molecule has 30 heavy (non-hydrogen) atoms. The summed E-state index contributed by atoms with van der Waals surface area (Å²) in [6.07, 6.45) is 2.83. The molecule has 0 saturated carbocycles. The minimum Gasteiger partial charge on any atom is -0.354 e. The lowest BCUT2D eigenvalue weighted by Crippen LogP contribution is -2.36. The Labute approximate surface area is 184 Å². The first-order chi connectivity index (χ1) is 14.3. The van der Waals surface area contributed by atoms with E-state index in [0.29, 0.717) is 29.2 Å². The Bertz CT molecular complexity index is 1160. The zero-order chi connectivity index (χ0) is 21.5. The van der Waals surface area contributed by atoms with Crippen LogP contribution in [0.5, 0.6) is 0 Å². The van der Waals surface area contributed by atoms with Crippen LogP contribution >= 0.6 is 22.7 Å². The van der Waals surface area contributed by atoms with Crippen LogP contribution in [-0.4, -0.2) is 50.8 Å². The number of rotatable bonds is 5. The molecule has 0 unspecified atom stereocenters. The zero-order valence-electron chi connectivity index (χ0n) is 17.1. The van der Waals surface area contributed by atoms with Crippen molar-refractivity contribution in [2.24, 2.45) is 0 Å². The first-order valence-corrected chi connectivity index (χ1v) is 12.8. The van der Waals surface area contributed by atoms with Gasteiger partial charge in [-0.15, -0.1) is 11.3 Å². The number of carbonyl (C=O) groups is 1. The highest BCUT2D eigenvalue weighted by atomic mass is 32.2. The van der Waals surface area contributed by atoms with Crippen LogP contribution in [0, 0.1) is 6.92 Å². The van der Waals surface area contributed by atoms with Crippen LogP contribution in [0.4, 0.5) is 10.8 Å². The van der Waals surface area contributed by atoms with E-state index in [9.17, 15) is 13.2 Å². The molecule has 1 N–H and O–H groups in total. The fraction of sp³-hybridized carbons (Fsp3) is 0.400. The van der Waals surface area contributed by atoms with Crippen LogP contribution in [0.25, 0.3) is 9.53 Å². The average molecular weight is 465 g/mol. The molecule has 3 aromatic rings. The van der Waals surface area contributed by atoms with Gasteiger partial charge in [0.2, 0.25) is 10.0 Å². The standard InChI is InChI=1S/C20H24N4O3S3/c1-13-7-8-14(11-17(13)30(26,27)24-9-5-4-6-10-24)21-18(25)15-12-16-19(28-15)22-20(29-16)23(2)3/h7-8,11-12H,4-6,9-10H2,1-3H3,(H,21,25). The van der Waals surface area contributed by atoms with E-state index < -0.39 is 10.0 Å². The lowest BCUT2D eigenvalue weighted by Gasteiger charge is -2.26. The van der Waals surface area contributed by atoms with Gasteiger partial charge in [0.05, 0.1) is 14.5 Å². The van der Waals surface area contributed by atoms with Gasteiger partial charge < -0.3 is 10.2 Å². The zero-order valence-corrected chi connectivity index (χ0v) is 19.6. The predicted molar refractivity (Wildman–Crippen MR) is 124 cm³/mol. The Balaban J connectivity index is 1.57. The van der Waals surface area contributed by atoms with E-state index in [1.807, 2.05) is 25.1 Å². The summed E-state index contributed by atoms with van der Waals surface area (Å²) in [5.74, 6) is -0.262. The van der Waals surface area contributed by atoms with Crippen molar-refractivity contribution in [3.8, 4) is 0 Å². The Morgan fingerprint density at radius 1 is 1.13 bits per heavy atom. The number of nitrogens with one attached hydrogen (secondary N) is 1. The minimum atomic E-state index is -3.57. The Hall–Kier alpha value is -2.01. The van der Waals surface area contributed by atoms with Gasteiger partial charge in [0, 0.05) is 32.9 Å². The van der Waals surface area contributed by atoms with Gasteiger partial charge in [0.15, 0.2) is 5.13 Å². The summed E-state index contributed by atoms with van der Waals surface area (Å²) in [5, 5.41) is 3.74.